The van der Waals surface area contributed by atoms with Crippen LogP contribution in [0.2, 0.25) is 0 Å². The highest BCUT2D eigenvalue weighted by atomic mass is 16.5. The lowest BCUT2D eigenvalue weighted by molar-refractivity contribution is 0.102. The Morgan fingerprint density at radius 3 is 2.23 bits per heavy atom. The molecule has 0 aliphatic carbocycles. The predicted molar refractivity (Wildman–Crippen MR) is 120 cm³/mol. The SMILES string of the molecule is COc1cccc(OC)c1C(=O)Nc1ccc2oc(-c3ccc(C)cc3)cc(=O)c2c1. The Bertz CT molecular complexity index is 1300. The molecule has 31 heavy (non-hydrogen) atoms. The van der Waals surface area contributed by atoms with Gasteiger partial charge in [-0.25, -0.2) is 0 Å². The molecule has 4 rings (SSSR count). The van der Waals surface area contributed by atoms with E-state index in [1.54, 1.807) is 36.4 Å². The quantitative estimate of drug-likeness (QED) is 0.494. The van der Waals surface area contributed by atoms with E-state index in [1.807, 2.05) is 31.2 Å². The molecule has 0 aliphatic heterocycles. The van der Waals surface area contributed by atoms with Gasteiger partial charge in [0.1, 0.15) is 28.4 Å². The van der Waals surface area contributed by atoms with E-state index in [-0.39, 0.29) is 11.0 Å². The molecule has 0 saturated heterocycles. The third-order valence-corrected chi connectivity index (χ3v) is 4.98. The Balaban J connectivity index is 1.68. The molecule has 4 aromatic rings. The molecule has 3 aromatic carbocycles. The highest BCUT2D eigenvalue weighted by Gasteiger charge is 2.19. The summed E-state index contributed by atoms with van der Waals surface area (Å²) in [4.78, 5) is 25.6. The first kappa shape index (κ1) is 20.2. The zero-order chi connectivity index (χ0) is 22.0. The number of nitrogens with one attached hydrogen (secondary N) is 1. The highest BCUT2D eigenvalue weighted by Crippen LogP contribution is 2.30. The first-order valence-electron chi connectivity index (χ1n) is 9.67. The highest BCUT2D eigenvalue weighted by molar-refractivity contribution is 6.08. The smallest absolute Gasteiger partial charge is 0.263 e. The number of hydrogen-bond donors (Lipinski definition) is 1. The zero-order valence-electron chi connectivity index (χ0n) is 17.4. The van der Waals surface area contributed by atoms with E-state index in [4.69, 9.17) is 13.9 Å². The summed E-state index contributed by atoms with van der Waals surface area (Å²) in [5.41, 5.74) is 2.93. The predicted octanol–water partition coefficient (Wildman–Crippen LogP) is 5.04. The fourth-order valence-corrected chi connectivity index (χ4v) is 3.36. The van der Waals surface area contributed by atoms with Crippen LogP contribution in [0.25, 0.3) is 22.3 Å². The molecule has 1 aromatic heterocycles. The van der Waals surface area contributed by atoms with Crippen molar-refractivity contribution in [2.75, 3.05) is 19.5 Å². The Kier molecular flexibility index (Phi) is 5.45. The van der Waals surface area contributed by atoms with Crippen molar-refractivity contribution in [3.63, 3.8) is 0 Å². The van der Waals surface area contributed by atoms with Crippen LogP contribution in [0.3, 0.4) is 0 Å². The van der Waals surface area contributed by atoms with Gasteiger partial charge in [-0.05, 0) is 37.3 Å². The Labute approximate surface area is 179 Å². The van der Waals surface area contributed by atoms with Gasteiger partial charge in [0.2, 0.25) is 0 Å². The summed E-state index contributed by atoms with van der Waals surface area (Å²) in [5.74, 6) is 0.863. The van der Waals surface area contributed by atoms with Gasteiger partial charge >= 0.3 is 0 Å². The van der Waals surface area contributed by atoms with Gasteiger partial charge in [0.05, 0.1) is 19.6 Å². The van der Waals surface area contributed by atoms with Crippen LogP contribution in [0.5, 0.6) is 11.5 Å². The minimum Gasteiger partial charge on any atom is -0.496 e. The number of methoxy groups -OCH3 is 2. The van der Waals surface area contributed by atoms with E-state index in [0.717, 1.165) is 11.1 Å². The van der Waals surface area contributed by atoms with Crippen molar-refractivity contribution in [2.24, 2.45) is 0 Å². The maximum Gasteiger partial charge on any atom is 0.263 e. The van der Waals surface area contributed by atoms with Crippen LogP contribution < -0.4 is 20.2 Å². The van der Waals surface area contributed by atoms with Crippen molar-refractivity contribution in [3.8, 4) is 22.8 Å². The second-order valence-corrected chi connectivity index (χ2v) is 7.04. The first-order valence-corrected chi connectivity index (χ1v) is 9.67. The number of fused-ring (bicyclic) bond motifs is 1. The molecule has 0 atom stereocenters. The summed E-state index contributed by atoms with van der Waals surface area (Å²) in [6.07, 6.45) is 0. The summed E-state index contributed by atoms with van der Waals surface area (Å²) in [6, 6.07) is 19.3. The van der Waals surface area contributed by atoms with Crippen molar-refractivity contribution < 1.29 is 18.7 Å². The maximum absolute atomic E-state index is 12.9. The molecule has 1 amide bonds. The van der Waals surface area contributed by atoms with Gasteiger partial charge in [-0.3, -0.25) is 9.59 Å². The summed E-state index contributed by atoms with van der Waals surface area (Å²) in [5, 5.41) is 3.18. The van der Waals surface area contributed by atoms with E-state index < -0.39 is 5.91 Å². The second kappa shape index (κ2) is 8.36. The van der Waals surface area contributed by atoms with Crippen LogP contribution in [0.4, 0.5) is 5.69 Å². The van der Waals surface area contributed by atoms with Crippen LogP contribution in [-0.2, 0) is 0 Å². The van der Waals surface area contributed by atoms with E-state index in [2.05, 4.69) is 5.32 Å². The van der Waals surface area contributed by atoms with Crippen molar-refractivity contribution in [1.29, 1.82) is 0 Å². The molecule has 1 heterocycles. The number of rotatable bonds is 5. The molecule has 0 saturated carbocycles. The third kappa shape index (κ3) is 4.00. The maximum atomic E-state index is 12.9. The standard InChI is InChI=1S/C25H21NO5/c1-15-7-9-16(10-8-15)23-14-19(27)18-13-17(11-12-20(18)31-23)26-25(28)24-21(29-2)5-4-6-22(24)30-3/h4-14H,1-3H3,(H,26,28). The van der Waals surface area contributed by atoms with Crippen molar-refractivity contribution in [3.05, 3.63) is 88.1 Å². The van der Waals surface area contributed by atoms with E-state index in [0.29, 0.717) is 33.9 Å². The minimum absolute atomic E-state index is 0.192. The number of amides is 1. The molecule has 0 fully saturated rings. The third-order valence-electron chi connectivity index (χ3n) is 4.98. The van der Waals surface area contributed by atoms with Gasteiger partial charge in [-0.1, -0.05) is 35.9 Å². The van der Waals surface area contributed by atoms with Crippen molar-refractivity contribution in [1.82, 2.24) is 0 Å². The Hall–Kier alpha value is -4.06. The van der Waals surface area contributed by atoms with Crippen molar-refractivity contribution >= 4 is 22.6 Å². The number of carbonyl (C=O) groups is 1. The molecule has 156 valence electrons. The molecule has 6 heteroatoms. The molecule has 6 nitrogen and oxygen atoms in total. The Morgan fingerprint density at radius 2 is 1.58 bits per heavy atom. The molecule has 0 radical (unpaired) electrons. The van der Waals surface area contributed by atoms with Crippen molar-refractivity contribution in [2.45, 2.75) is 6.92 Å². The van der Waals surface area contributed by atoms with E-state index in [1.165, 1.54) is 20.3 Å². The number of ether oxygens (including phenoxy) is 2. The molecular formula is C25H21NO5. The zero-order valence-corrected chi connectivity index (χ0v) is 17.4. The number of aryl methyl sites for hydroxylation is 1. The van der Waals surface area contributed by atoms with Gasteiger partial charge in [0.15, 0.2) is 5.43 Å². The van der Waals surface area contributed by atoms with Crippen LogP contribution >= 0.6 is 0 Å². The lowest BCUT2D eigenvalue weighted by atomic mass is 10.1. The topological polar surface area (TPSA) is 77.8 Å². The van der Waals surface area contributed by atoms with Gasteiger partial charge in [-0.2, -0.15) is 0 Å². The number of benzene rings is 3. The number of hydrogen-bond acceptors (Lipinski definition) is 5. The van der Waals surface area contributed by atoms with E-state index in [9.17, 15) is 9.59 Å². The fraction of sp³-hybridized carbons (Fsp3) is 0.120. The summed E-state index contributed by atoms with van der Waals surface area (Å²) < 4.78 is 16.5. The lowest BCUT2D eigenvalue weighted by Crippen LogP contribution is -2.15. The molecule has 0 unspecified atom stereocenters. The molecular weight excluding hydrogens is 394 g/mol. The largest absolute Gasteiger partial charge is 0.496 e. The van der Waals surface area contributed by atoms with Gasteiger partial charge < -0.3 is 19.2 Å². The summed E-state index contributed by atoms with van der Waals surface area (Å²) in [6.45, 7) is 2.00. The molecule has 0 aliphatic rings. The van der Waals surface area contributed by atoms with Gasteiger partial charge in [0, 0.05) is 17.3 Å². The average Bonchev–Trinajstić information content (AvgIpc) is 2.79. The minimum atomic E-state index is -0.408. The van der Waals surface area contributed by atoms with Crippen LogP contribution in [-0.4, -0.2) is 20.1 Å². The molecule has 0 bridgehead atoms. The first-order chi connectivity index (χ1) is 15.0. The second-order valence-electron chi connectivity index (χ2n) is 7.04. The Morgan fingerprint density at radius 1 is 0.903 bits per heavy atom. The molecule has 1 N–H and O–H groups in total. The fourth-order valence-electron chi connectivity index (χ4n) is 3.36. The normalized spacial score (nSPS) is 10.7. The van der Waals surface area contributed by atoms with Crippen LogP contribution in [0.1, 0.15) is 15.9 Å². The number of anilines is 1. The number of carbonyl (C=O) groups excluding carboxylic acids is 1. The lowest BCUT2D eigenvalue weighted by Gasteiger charge is -2.13. The van der Waals surface area contributed by atoms with Crippen LogP contribution in [0, 0.1) is 6.92 Å². The average molecular weight is 415 g/mol. The van der Waals surface area contributed by atoms with Gasteiger partial charge in [-0.15, -0.1) is 0 Å². The summed E-state index contributed by atoms with van der Waals surface area (Å²) in [7, 11) is 2.97. The van der Waals surface area contributed by atoms with E-state index >= 15 is 0 Å². The summed E-state index contributed by atoms with van der Waals surface area (Å²) >= 11 is 0. The molecule has 0 spiro atoms. The van der Waals surface area contributed by atoms with Crippen LogP contribution in [0.15, 0.2) is 75.9 Å². The monoisotopic (exact) mass is 415 g/mol. The van der Waals surface area contributed by atoms with Gasteiger partial charge in [0.25, 0.3) is 5.91 Å².